The van der Waals surface area contributed by atoms with E-state index < -0.39 is 5.60 Å². The van der Waals surface area contributed by atoms with E-state index in [9.17, 15) is 9.59 Å². The van der Waals surface area contributed by atoms with Crippen molar-refractivity contribution in [1.82, 2.24) is 15.1 Å². The van der Waals surface area contributed by atoms with Gasteiger partial charge in [-0.1, -0.05) is 18.2 Å². The summed E-state index contributed by atoms with van der Waals surface area (Å²) in [4.78, 5) is 24.4. The van der Waals surface area contributed by atoms with Crippen molar-refractivity contribution in [3.05, 3.63) is 48.3 Å². The Balaban J connectivity index is 1.41. The topological polar surface area (TPSA) is 73.2 Å². The van der Waals surface area contributed by atoms with Crippen LogP contribution in [0.15, 0.2) is 42.7 Å². The van der Waals surface area contributed by atoms with Gasteiger partial charge in [0.2, 0.25) is 5.91 Å². The van der Waals surface area contributed by atoms with Crippen molar-refractivity contribution in [3.8, 4) is 5.69 Å². The highest BCUT2D eigenvalue weighted by molar-refractivity contribution is 5.87. The first-order valence-electron chi connectivity index (χ1n) is 8.75. The van der Waals surface area contributed by atoms with E-state index >= 15 is 0 Å². The van der Waals surface area contributed by atoms with Crippen molar-refractivity contribution >= 4 is 11.9 Å². The Labute approximate surface area is 146 Å². The maximum absolute atomic E-state index is 12.6. The monoisotopic (exact) mass is 339 g/mol. The standard InChI is InChI=1S/C19H21N3O3/c23-17-10-16(19(25-17)8-4-5-9-19)18(24)20-11-14-12-21-22(13-14)15-6-2-1-3-7-15/h1-3,6-7,12-13,16H,4-5,8-11H2,(H,20,24)/t16-/m1/s1. The Bertz CT molecular complexity index is 778. The van der Waals surface area contributed by atoms with Gasteiger partial charge in [0.05, 0.1) is 24.2 Å². The summed E-state index contributed by atoms with van der Waals surface area (Å²) < 4.78 is 7.32. The minimum atomic E-state index is -0.560. The fraction of sp³-hybridized carbons (Fsp3) is 0.421. The van der Waals surface area contributed by atoms with E-state index in [1.54, 1.807) is 10.9 Å². The largest absolute Gasteiger partial charge is 0.458 e. The molecule has 1 amide bonds. The van der Waals surface area contributed by atoms with Crippen molar-refractivity contribution in [1.29, 1.82) is 0 Å². The second-order valence-electron chi connectivity index (χ2n) is 6.85. The molecule has 4 rings (SSSR count). The fourth-order valence-corrected chi connectivity index (χ4v) is 3.93. The summed E-state index contributed by atoms with van der Waals surface area (Å²) >= 11 is 0. The highest BCUT2D eigenvalue weighted by Gasteiger charge is 2.53. The molecule has 1 aliphatic carbocycles. The third kappa shape index (κ3) is 3.04. The van der Waals surface area contributed by atoms with Gasteiger partial charge in [0, 0.05) is 18.3 Å². The maximum Gasteiger partial charge on any atom is 0.307 e. The van der Waals surface area contributed by atoms with Crippen LogP contribution < -0.4 is 5.32 Å². The Morgan fingerprint density at radius 2 is 2.04 bits per heavy atom. The normalized spacial score (nSPS) is 21.4. The van der Waals surface area contributed by atoms with E-state index in [4.69, 9.17) is 4.74 Å². The fourth-order valence-electron chi connectivity index (χ4n) is 3.93. The van der Waals surface area contributed by atoms with Crippen LogP contribution >= 0.6 is 0 Å². The van der Waals surface area contributed by atoms with E-state index in [2.05, 4.69) is 10.4 Å². The number of amides is 1. The number of carbonyl (C=O) groups is 2. The molecule has 1 aromatic carbocycles. The third-order valence-corrected chi connectivity index (χ3v) is 5.21. The van der Waals surface area contributed by atoms with E-state index in [1.807, 2.05) is 36.5 Å². The first-order valence-corrected chi connectivity index (χ1v) is 8.75. The van der Waals surface area contributed by atoms with Crippen LogP contribution in [0.3, 0.4) is 0 Å². The van der Waals surface area contributed by atoms with Crippen LogP contribution in [0.4, 0.5) is 0 Å². The second kappa shape index (κ2) is 6.35. The van der Waals surface area contributed by atoms with Crippen molar-refractivity contribution < 1.29 is 14.3 Å². The Hall–Kier alpha value is -2.63. The number of hydrogen-bond donors (Lipinski definition) is 1. The number of hydrogen-bond acceptors (Lipinski definition) is 4. The molecule has 1 atom stereocenters. The summed E-state index contributed by atoms with van der Waals surface area (Å²) in [6.45, 7) is 0.395. The number of ether oxygens (including phenoxy) is 1. The molecule has 0 unspecified atom stereocenters. The molecule has 2 fully saturated rings. The van der Waals surface area contributed by atoms with Crippen LogP contribution in [0, 0.1) is 5.92 Å². The van der Waals surface area contributed by atoms with Gasteiger partial charge in [-0.3, -0.25) is 9.59 Å². The SMILES string of the molecule is O=C1C[C@H](C(=O)NCc2cnn(-c3ccccc3)c2)C2(CCCC2)O1. The number of rotatable bonds is 4. The number of esters is 1. The van der Waals surface area contributed by atoms with Gasteiger partial charge in [0.25, 0.3) is 0 Å². The lowest BCUT2D eigenvalue weighted by atomic mass is 9.85. The van der Waals surface area contributed by atoms with Gasteiger partial charge < -0.3 is 10.1 Å². The average molecular weight is 339 g/mol. The predicted octanol–water partition coefficient (Wildman–Crippen LogP) is 2.36. The van der Waals surface area contributed by atoms with E-state index in [1.165, 1.54) is 0 Å². The zero-order chi connectivity index (χ0) is 17.3. The molecular formula is C19H21N3O3. The summed E-state index contributed by atoms with van der Waals surface area (Å²) in [6.07, 6.45) is 7.45. The molecule has 6 nitrogen and oxygen atoms in total. The Kier molecular flexibility index (Phi) is 4.03. The van der Waals surface area contributed by atoms with Gasteiger partial charge >= 0.3 is 5.97 Å². The molecule has 25 heavy (non-hydrogen) atoms. The summed E-state index contributed by atoms with van der Waals surface area (Å²) in [5, 5.41) is 7.28. The lowest BCUT2D eigenvalue weighted by Gasteiger charge is -2.27. The predicted molar refractivity (Wildman–Crippen MR) is 90.8 cm³/mol. The van der Waals surface area contributed by atoms with Crippen LogP contribution in [0.25, 0.3) is 5.69 Å². The molecule has 1 saturated carbocycles. The lowest BCUT2D eigenvalue weighted by Crippen LogP contribution is -2.42. The van der Waals surface area contributed by atoms with Gasteiger partial charge in [0.15, 0.2) is 0 Å². The highest BCUT2D eigenvalue weighted by Crippen LogP contribution is 2.45. The molecule has 0 bridgehead atoms. The van der Waals surface area contributed by atoms with E-state index in [0.717, 1.165) is 36.9 Å². The molecule has 1 N–H and O–H groups in total. The first-order chi connectivity index (χ1) is 12.2. The third-order valence-electron chi connectivity index (χ3n) is 5.21. The molecule has 2 aromatic rings. The number of aromatic nitrogens is 2. The second-order valence-corrected chi connectivity index (χ2v) is 6.85. The quantitative estimate of drug-likeness (QED) is 0.868. The lowest BCUT2D eigenvalue weighted by molar-refractivity contribution is -0.149. The molecule has 130 valence electrons. The maximum atomic E-state index is 12.6. The van der Waals surface area contributed by atoms with E-state index in [0.29, 0.717) is 6.54 Å². The summed E-state index contributed by atoms with van der Waals surface area (Å²) in [7, 11) is 0. The van der Waals surface area contributed by atoms with Crippen molar-refractivity contribution in [2.75, 3.05) is 0 Å². The Morgan fingerprint density at radius 1 is 1.28 bits per heavy atom. The van der Waals surface area contributed by atoms with Crippen LogP contribution in [0.5, 0.6) is 0 Å². The van der Waals surface area contributed by atoms with Crippen LogP contribution in [0.2, 0.25) is 0 Å². The summed E-state index contributed by atoms with van der Waals surface area (Å²) in [5.74, 6) is -0.717. The van der Waals surface area contributed by atoms with Gasteiger partial charge in [0.1, 0.15) is 5.60 Å². The first kappa shape index (κ1) is 15.9. The molecule has 1 aliphatic heterocycles. The van der Waals surface area contributed by atoms with Crippen molar-refractivity contribution in [3.63, 3.8) is 0 Å². The van der Waals surface area contributed by atoms with Gasteiger partial charge in [-0.05, 0) is 37.8 Å². The molecule has 1 saturated heterocycles. The molecular weight excluding hydrogens is 318 g/mol. The number of nitrogens with one attached hydrogen (secondary N) is 1. The number of para-hydroxylation sites is 1. The molecule has 2 heterocycles. The molecule has 1 spiro atoms. The molecule has 6 heteroatoms. The molecule has 1 aromatic heterocycles. The van der Waals surface area contributed by atoms with Crippen molar-refractivity contribution in [2.24, 2.45) is 5.92 Å². The van der Waals surface area contributed by atoms with Crippen LogP contribution in [-0.2, 0) is 20.9 Å². The summed E-state index contributed by atoms with van der Waals surface area (Å²) in [6, 6.07) is 9.81. The average Bonchev–Trinajstić information content (AvgIpc) is 3.35. The Morgan fingerprint density at radius 3 is 2.80 bits per heavy atom. The van der Waals surface area contributed by atoms with E-state index in [-0.39, 0.29) is 24.2 Å². The molecule has 2 aliphatic rings. The zero-order valence-corrected chi connectivity index (χ0v) is 14.0. The smallest absolute Gasteiger partial charge is 0.307 e. The number of nitrogens with zero attached hydrogens (tertiary/aromatic N) is 2. The molecule has 0 radical (unpaired) electrons. The van der Waals surface area contributed by atoms with Crippen LogP contribution in [0.1, 0.15) is 37.7 Å². The summed E-state index contributed by atoms with van der Waals surface area (Å²) in [5.41, 5.74) is 1.33. The van der Waals surface area contributed by atoms with Gasteiger partial charge in [-0.2, -0.15) is 5.10 Å². The van der Waals surface area contributed by atoms with Gasteiger partial charge in [-0.25, -0.2) is 4.68 Å². The number of carbonyl (C=O) groups excluding carboxylic acids is 2. The van der Waals surface area contributed by atoms with Crippen molar-refractivity contribution in [2.45, 2.75) is 44.2 Å². The zero-order valence-electron chi connectivity index (χ0n) is 14.0. The minimum Gasteiger partial charge on any atom is -0.458 e. The minimum absolute atomic E-state index is 0.0970. The highest BCUT2D eigenvalue weighted by atomic mass is 16.6. The van der Waals surface area contributed by atoms with Gasteiger partial charge in [-0.15, -0.1) is 0 Å². The van der Waals surface area contributed by atoms with Crippen LogP contribution in [-0.4, -0.2) is 27.3 Å². The number of benzene rings is 1.